The lowest BCUT2D eigenvalue weighted by Crippen LogP contribution is -2.12. The van der Waals surface area contributed by atoms with Crippen LogP contribution in [0.1, 0.15) is 49.1 Å². The predicted molar refractivity (Wildman–Crippen MR) is 55.9 cm³/mol. The Hall–Kier alpha value is -1.32. The monoisotopic (exact) mass is 208 g/mol. The lowest BCUT2D eigenvalue weighted by atomic mass is 10.00. The van der Waals surface area contributed by atoms with Crippen molar-refractivity contribution in [1.29, 1.82) is 0 Å². The molecule has 0 radical (unpaired) electrons. The van der Waals surface area contributed by atoms with Crippen molar-refractivity contribution in [2.24, 2.45) is 5.92 Å². The number of aromatic nitrogens is 2. The van der Waals surface area contributed by atoms with E-state index in [-0.39, 0.29) is 5.69 Å². The number of imidazole rings is 1. The first kappa shape index (κ1) is 10.2. The standard InChI is InChI=1S/C11H16N2O2/c1-8(9-4-2-3-5-9)13-6-10(11(14)15)12-7-13/h6-9H,2-5H2,1H3,(H,14,15)/t8-/m1/s1. The molecule has 0 bridgehead atoms. The molecule has 1 aliphatic carbocycles. The van der Waals surface area contributed by atoms with E-state index in [0.717, 1.165) is 0 Å². The smallest absolute Gasteiger partial charge is 0.356 e. The van der Waals surface area contributed by atoms with Crippen molar-refractivity contribution < 1.29 is 9.90 Å². The van der Waals surface area contributed by atoms with Gasteiger partial charge in [-0.1, -0.05) is 12.8 Å². The van der Waals surface area contributed by atoms with Crippen LogP contribution in [0, 0.1) is 5.92 Å². The van der Waals surface area contributed by atoms with Crippen molar-refractivity contribution in [2.75, 3.05) is 0 Å². The maximum atomic E-state index is 10.7. The van der Waals surface area contributed by atoms with Gasteiger partial charge in [-0.2, -0.15) is 0 Å². The number of carboxylic acid groups (broad SMARTS) is 1. The third-order valence-electron chi connectivity index (χ3n) is 3.37. The van der Waals surface area contributed by atoms with E-state index in [9.17, 15) is 4.79 Å². The summed E-state index contributed by atoms with van der Waals surface area (Å²) < 4.78 is 1.93. The molecule has 2 rings (SSSR count). The van der Waals surface area contributed by atoms with Crippen LogP contribution in [-0.4, -0.2) is 20.6 Å². The second kappa shape index (κ2) is 4.04. The Morgan fingerprint density at radius 3 is 2.80 bits per heavy atom. The molecule has 1 saturated carbocycles. The second-order valence-electron chi connectivity index (χ2n) is 4.30. The molecule has 0 amide bonds. The molecule has 0 aromatic carbocycles. The predicted octanol–water partition coefficient (Wildman–Crippen LogP) is 2.33. The summed E-state index contributed by atoms with van der Waals surface area (Å²) in [7, 11) is 0. The van der Waals surface area contributed by atoms with E-state index in [2.05, 4.69) is 11.9 Å². The van der Waals surface area contributed by atoms with Crippen LogP contribution in [0.5, 0.6) is 0 Å². The van der Waals surface area contributed by atoms with Crippen LogP contribution in [0.2, 0.25) is 0 Å². The molecule has 1 N–H and O–H groups in total. The fourth-order valence-corrected chi connectivity index (χ4v) is 2.35. The van der Waals surface area contributed by atoms with Crippen LogP contribution in [0.3, 0.4) is 0 Å². The summed E-state index contributed by atoms with van der Waals surface area (Å²) in [4.78, 5) is 14.6. The molecule has 82 valence electrons. The van der Waals surface area contributed by atoms with Crippen molar-refractivity contribution >= 4 is 5.97 Å². The molecule has 15 heavy (non-hydrogen) atoms. The molecule has 1 aliphatic rings. The molecule has 1 heterocycles. The van der Waals surface area contributed by atoms with Crippen LogP contribution in [0.25, 0.3) is 0 Å². The number of nitrogens with zero attached hydrogens (tertiary/aromatic N) is 2. The molecule has 0 aliphatic heterocycles. The van der Waals surface area contributed by atoms with Gasteiger partial charge in [-0.05, 0) is 25.7 Å². The molecule has 1 aromatic rings. The van der Waals surface area contributed by atoms with Gasteiger partial charge < -0.3 is 9.67 Å². The zero-order valence-corrected chi connectivity index (χ0v) is 8.89. The number of carboxylic acids is 1. The summed E-state index contributed by atoms with van der Waals surface area (Å²) in [5, 5.41) is 8.77. The van der Waals surface area contributed by atoms with Crippen molar-refractivity contribution in [2.45, 2.75) is 38.6 Å². The molecule has 1 aromatic heterocycles. The van der Waals surface area contributed by atoms with E-state index >= 15 is 0 Å². The van der Waals surface area contributed by atoms with Crippen molar-refractivity contribution in [3.05, 3.63) is 18.2 Å². The normalized spacial score (nSPS) is 19.3. The summed E-state index contributed by atoms with van der Waals surface area (Å²) in [5.74, 6) is -0.270. The Morgan fingerprint density at radius 2 is 2.27 bits per heavy atom. The molecule has 1 atom stereocenters. The average molecular weight is 208 g/mol. The highest BCUT2D eigenvalue weighted by atomic mass is 16.4. The van der Waals surface area contributed by atoms with Crippen molar-refractivity contribution in [3.8, 4) is 0 Å². The largest absolute Gasteiger partial charge is 0.476 e. The molecular formula is C11H16N2O2. The first-order valence-electron chi connectivity index (χ1n) is 5.45. The van der Waals surface area contributed by atoms with E-state index in [1.54, 1.807) is 12.5 Å². The van der Waals surface area contributed by atoms with Crippen LogP contribution in [-0.2, 0) is 0 Å². The highest BCUT2D eigenvalue weighted by molar-refractivity contribution is 5.84. The van der Waals surface area contributed by atoms with Gasteiger partial charge in [-0.25, -0.2) is 9.78 Å². The molecule has 1 fully saturated rings. The van der Waals surface area contributed by atoms with E-state index in [0.29, 0.717) is 12.0 Å². The first-order valence-corrected chi connectivity index (χ1v) is 5.45. The van der Waals surface area contributed by atoms with Crippen molar-refractivity contribution in [1.82, 2.24) is 9.55 Å². The maximum absolute atomic E-state index is 10.7. The summed E-state index contributed by atoms with van der Waals surface area (Å²) in [6, 6.07) is 0.369. The van der Waals surface area contributed by atoms with Crippen LogP contribution in [0.15, 0.2) is 12.5 Å². The minimum atomic E-state index is -0.952. The van der Waals surface area contributed by atoms with E-state index in [1.165, 1.54) is 25.7 Å². The number of hydrogen-bond donors (Lipinski definition) is 1. The highest BCUT2D eigenvalue weighted by Gasteiger charge is 2.23. The molecular weight excluding hydrogens is 192 g/mol. The molecule has 0 spiro atoms. The fourth-order valence-electron chi connectivity index (χ4n) is 2.35. The molecule has 4 heteroatoms. The van der Waals surface area contributed by atoms with Crippen LogP contribution < -0.4 is 0 Å². The maximum Gasteiger partial charge on any atom is 0.356 e. The Balaban J connectivity index is 2.10. The SMILES string of the molecule is C[C@H](C1CCCC1)n1cnc(C(=O)O)c1. The Bertz CT molecular complexity index is 353. The second-order valence-corrected chi connectivity index (χ2v) is 4.30. The Kier molecular flexibility index (Phi) is 2.75. The highest BCUT2D eigenvalue weighted by Crippen LogP contribution is 2.33. The number of aromatic carboxylic acids is 1. The summed E-state index contributed by atoms with van der Waals surface area (Å²) in [5.41, 5.74) is 0.139. The zero-order chi connectivity index (χ0) is 10.8. The van der Waals surface area contributed by atoms with Gasteiger partial charge in [0.05, 0.1) is 6.33 Å². The number of rotatable bonds is 3. The van der Waals surface area contributed by atoms with E-state index in [1.807, 2.05) is 4.57 Å². The third-order valence-corrected chi connectivity index (χ3v) is 3.37. The van der Waals surface area contributed by atoms with Gasteiger partial charge in [0, 0.05) is 12.2 Å². The lowest BCUT2D eigenvalue weighted by molar-refractivity contribution is 0.0691. The van der Waals surface area contributed by atoms with Gasteiger partial charge in [-0.15, -0.1) is 0 Å². The molecule has 0 unspecified atom stereocenters. The summed E-state index contributed by atoms with van der Waals surface area (Å²) in [6.45, 7) is 2.14. The van der Waals surface area contributed by atoms with E-state index in [4.69, 9.17) is 5.11 Å². The van der Waals surface area contributed by atoms with Crippen molar-refractivity contribution in [3.63, 3.8) is 0 Å². The first-order chi connectivity index (χ1) is 7.18. The third kappa shape index (κ3) is 2.03. The molecule has 0 saturated heterocycles. The van der Waals surface area contributed by atoms with Gasteiger partial charge in [0.15, 0.2) is 5.69 Å². The minimum absolute atomic E-state index is 0.139. The fraction of sp³-hybridized carbons (Fsp3) is 0.636. The summed E-state index contributed by atoms with van der Waals surface area (Å²) >= 11 is 0. The van der Waals surface area contributed by atoms with Gasteiger partial charge in [0.1, 0.15) is 0 Å². The number of carbonyl (C=O) groups is 1. The quantitative estimate of drug-likeness (QED) is 0.829. The molecule has 4 nitrogen and oxygen atoms in total. The topological polar surface area (TPSA) is 55.1 Å². The van der Waals surface area contributed by atoms with Gasteiger partial charge in [0.25, 0.3) is 0 Å². The van der Waals surface area contributed by atoms with Gasteiger partial charge in [0.2, 0.25) is 0 Å². The Labute approximate surface area is 88.9 Å². The van der Waals surface area contributed by atoms with Gasteiger partial charge >= 0.3 is 5.97 Å². The summed E-state index contributed by atoms with van der Waals surface area (Å²) in [6.07, 6.45) is 8.37. The van der Waals surface area contributed by atoms with Crippen LogP contribution >= 0.6 is 0 Å². The Morgan fingerprint density at radius 1 is 1.60 bits per heavy atom. The van der Waals surface area contributed by atoms with Gasteiger partial charge in [-0.3, -0.25) is 0 Å². The van der Waals surface area contributed by atoms with Crippen LogP contribution in [0.4, 0.5) is 0 Å². The zero-order valence-electron chi connectivity index (χ0n) is 8.89. The lowest BCUT2D eigenvalue weighted by Gasteiger charge is -2.19. The van der Waals surface area contributed by atoms with E-state index < -0.39 is 5.97 Å². The number of hydrogen-bond acceptors (Lipinski definition) is 2. The minimum Gasteiger partial charge on any atom is -0.476 e. The average Bonchev–Trinajstić information content (AvgIpc) is 2.88.